The van der Waals surface area contributed by atoms with Crippen molar-refractivity contribution in [1.29, 1.82) is 0 Å². The Kier molecular flexibility index (Phi) is 3.71. The first kappa shape index (κ1) is 13.4. The molecule has 0 aliphatic carbocycles. The lowest BCUT2D eigenvalue weighted by Crippen LogP contribution is -2.23. The second-order valence-corrected chi connectivity index (χ2v) is 4.48. The van der Waals surface area contributed by atoms with Crippen LogP contribution in [0.2, 0.25) is 5.15 Å². The van der Waals surface area contributed by atoms with Crippen LogP contribution in [-0.4, -0.2) is 16.0 Å². The molecule has 2 aromatic heterocycles. The minimum Gasteiger partial charge on any atom is -0.384 e. The number of hydrogen-bond acceptors (Lipinski definition) is 5. The Labute approximate surface area is 114 Å². The summed E-state index contributed by atoms with van der Waals surface area (Å²) < 4.78 is 5.02. The van der Waals surface area contributed by atoms with Gasteiger partial charge in [0.1, 0.15) is 16.7 Å². The molecule has 100 valence electrons. The number of nitrogens with zero attached hydrogens (tertiary/aromatic N) is 2. The molecule has 6 nitrogen and oxygen atoms in total. The molecule has 0 aromatic carbocycles. The Morgan fingerprint density at radius 2 is 2.21 bits per heavy atom. The quantitative estimate of drug-likeness (QED) is 0.837. The van der Waals surface area contributed by atoms with Crippen molar-refractivity contribution < 1.29 is 9.32 Å². The Hall–Kier alpha value is -2.08. The number of aryl methyl sites for hydroxylation is 2. The van der Waals surface area contributed by atoms with Crippen molar-refractivity contribution in [3.8, 4) is 0 Å². The Balaban J connectivity index is 2.09. The molecule has 0 unspecified atom stereocenters. The van der Waals surface area contributed by atoms with E-state index in [2.05, 4.69) is 15.5 Å². The van der Waals surface area contributed by atoms with Gasteiger partial charge in [0, 0.05) is 17.7 Å². The maximum absolute atomic E-state index is 12.0. The molecule has 1 amide bonds. The third-order valence-electron chi connectivity index (χ3n) is 2.68. The van der Waals surface area contributed by atoms with E-state index in [1.807, 2.05) is 6.92 Å². The summed E-state index contributed by atoms with van der Waals surface area (Å²) in [4.78, 5) is 15.8. The molecule has 0 fully saturated rings. The number of rotatable bonds is 3. The maximum Gasteiger partial charge on any atom is 0.251 e. The predicted octanol–water partition coefficient (Wildman–Crippen LogP) is 1.85. The first-order valence-electron chi connectivity index (χ1n) is 5.60. The number of amides is 1. The number of hydrogen-bond donors (Lipinski definition) is 2. The van der Waals surface area contributed by atoms with Gasteiger partial charge in [-0.05, 0) is 26.0 Å². The molecule has 3 N–H and O–H groups in total. The first-order chi connectivity index (χ1) is 8.97. The Morgan fingerprint density at radius 3 is 2.79 bits per heavy atom. The highest BCUT2D eigenvalue weighted by atomic mass is 35.5. The number of carbonyl (C=O) groups is 1. The van der Waals surface area contributed by atoms with Crippen molar-refractivity contribution in [3.63, 3.8) is 0 Å². The molecule has 2 heterocycles. The number of carbonyl (C=O) groups excluding carboxylic acids is 1. The molecule has 0 aliphatic heterocycles. The van der Waals surface area contributed by atoms with Crippen LogP contribution in [0.3, 0.4) is 0 Å². The van der Waals surface area contributed by atoms with Crippen LogP contribution < -0.4 is 11.1 Å². The summed E-state index contributed by atoms with van der Waals surface area (Å²) in [6.07, 6.45) is 0. The van der Waals surface area contributed by atoms with Crippen LogP contribution in [-0.2, 0) is 6.54 Å². The molecule has 0 bridgehead atoms. The lowest BCUT2D eigenvalue weighted by molar-refractivity contribution is 0.0950. The molecule has 0 spiro atoms. The predicted molar refractivity (Wildman–Crippen MR) is 70.8 cm³/mol. The Morgan fingerprint density at radius 1 is 1.47 bits per heavy atom. The number of nitrogens with one attached hydrogen (secondary N) is 1. The molecule has 0 aliphatic rings. The second-order valence-electron chi connectivity index (χ2n) is 4.09. The number of anilines is 1. The molecule has 7 heteroatoms. The van der Waals surface area contributed by atoms with E-state index in [1.54, 1.807) is 6.92 Å². The molecular formula is C12H13ClN4O2. The van der Waals surface area contributed by atoms with E-state index in [1.165, 1.54) is 12.1 Å². The van der Waals surface area contributed by atoms with E-state index in [9.17, 15) is 4.79 Å². The largest absolute Gasteiger partial charge is 0.384 e. The lowest BCUT2D eigenvalue weighted by atomic mass is 10.2. The zero-order chi connectivity index (χ0) is 14.0. The molecule has 2 rings (SSSR count). The zero-order valence-electron chi connectivity index (χ0n) is 10.5. The number of aromatic nitrogens is 2. The van der Waals surface area contributed by atoms with Crippen LogP contribution in [0, 0.1) is 13.8 Å². The third-order valence-corrected chi connectivity index (χ3v) is 2.88. The fourth-order valence-corrected chi connectivity index (χ4v) is 1.89. The highest BCUT2D eigenvalue weighted by Crippen LogP contribution is 2.14. The first-order valence-corrected chi connectivity index (χ1v) is 5.98. The average Bonchev–Trinajstić information content (AvgIpc) is 2.65. The summed E-state index contributed by atoms with van der Waals surface area (Å²) in [6, 6.07) is 2.93. The summed E-state index contributed by atoms with van der Waals surface area (Å²) in [5, 5.41) is 6.76. The van der Waals surface area contributed by atoms with Crippen molar-refractivity contribution in [1.82, 2.24) is 15.5 Å². The fourth-order valence-electron chi connectivity index (χ4n) is 1.67. The summed E-state index contributed by atoms with van der Waals surface area (Å²) in [7, 11) is 0. The van der Waals surface area contributed by atoms with Crippen molar-refractivity contribution >= 4 is 23.3 Å². The summed E-state index contributed by atoms with van der Waals surface area (Å²) in [5.41, 5.74) is 7.52. The van der Waals surface area contributed by atoms with E-state index < -0.39 is 0 Å². The molecule has 2 aromatic rings. The van der Waals surface area contributed by atoms with Crippen molar-refractivity contribution in [2.24, 2.45) is 0 Å². The van der Waals surface area contributed by atoms with E-state index >= 15 is 0 Å². The van der Waals surface area contributed by atoms with Gasteiger partial charge in [-0.25, -0.2) is 4.98 Å². The monoisotopic (exact) mass is 280 g/mol. The maximum atomic E-state index is 12.0. The second kappa shape index (κ2) is 5.27. The van der Waals surface area contributed by atoms with Gasteiger partial charge in [0.25, 0.3) is 5.91 Å². The van der Waals surface area contributed by atoms with Gasteiger partial charge < -0.3 is 15.6 Å². The smallest absolute Gasteiger partial charge is 0.251 e. The molecule has 0 atom stereocenters. The summed E-state index contributed by atoms with van der Waals surface area (Å²) in [6.45, 7) is 3.95. The number of halogens is 1. The van der Waals surface area contributed by atoms with Crippen molar-refractivity contribution in [2.75, 3.05) is 5.73 Å². The SMILES string of the molecule is Cc1noc(C)c1CNC(=O)c1cc(N)nc(Cl)c1. The van der Waals surface area contributed by atoms with E-state index in [-0.39, 0.29) is 16.9 Å². The number of nitrogen functional groups attached to an aromatic ring is 1. The minimum absolute atomic E-state index is 0.183. The standard InChI is InChI=1S/C12H13ClN4O2/c1-6-9(7(2)19-17-6)5-15-12(18)8-3-10(13)16-11(14)4-8/h3-4H,5H2,1-2H3,(H2,14,16)(H,15,18). The zero-order valence-corrected chi connectivity index (χ0v) is 11.3. The van der Waals surface area contributed by atoms with Crippen LogP contribution >= 0.6 is 11.6 Å². The van der Waals surface area contributed by atoms with E-state index in [0.717, 1.165) is 11.3 Å². The number of nitrogens with two attached hydrogens (primary N) is 1. The highest BCUT2D eigenvalue weighted by Gasteiger charge is 2.12. The fraction of sp³-hybridized carbons (Fsp3) is 0.250. The third kappa shape index (κ3) is 3.03. The molecule has 0 saturated heterocycles. The summed E-state index contributed by atoms with van der Waals surface area (Å²) >= 11 is 5.75. The highest BCUT2D eigenvalue weighted by molar-refractivity contribution is 6.29. The van der Waals surface area contributed by atoms with Crippen LogP contribution in [0.15, 0.2) is 16.7 Å². The van der Waals surface area contributed by atoms with Gasteiger partial charge >= 0.3 is 0 Å². The van der Waals surface area contributed by atoms with Gasteiger partial charge in [-0.3, -0.25) is 4.79 Å². The normalized spacial score (nSPS) is 10.5. The molecule has 19 heavy (non-hydrogen) atoms. The average molecular weight is 281 g/mol. The van der Waals surface area contributed by atoms with Crippen molar-refractivity contribution in [3.05, 3.63) is 39.9 Å². The van der Waals surface area contributed by atoms with E-state index in [4.69, 9.17) is 21.9 Å². The summed E-state index contributed by atoms with van der Waals surface area (Å²) in [5.74, 6) is 0.607. The minimum atomic E-state index is -0.281. The van der Waals surface area contributed by atoms with Crippen molar-refractivity contribution in [2.45, 2.75) is 20.4 Å². The van der Waals surface area contributed by atoms with Gasteiger partial charge in [0.05, 0.1) is 5.69 Å². The van der Waals surface area contributed by atoms with Gasteiger partial charge in [0.15, 0.2) is 0 Å². The molecular weight excluding hydrogens is 268 g/mol. The van der Waals surface area contributed by atoms with Gasteiger partial charge in [-0.1, -0.05) is 16.8 Å². The van der Waals surface area contributed by atoms with Crippen LogP contribution in [0.1, 0.15) is 27.4 Å². The lowest BCUT2D eigenvalue weighted by Gasteiger charge is -2.06. The number of pyridine rings is 1. The van der Waals surface area contributed by atoms with Crippen LogP contribution in [0.25, 0.3) is 0 Å². The Bertz CT molecular complexity index is 584. The van der Waals surface area contributed by atoms with Gasteiger partial charge in [-0.15, -0.1) is 0 Å². The van der Waals surface area contributed by atoms with Gasteiger partial charge in [0.2, 0.25) is 0 Å². The molecule has 0 radical (unpaired) electrons. The van der Waals surface area contributed by atoms with Gasteiger partial charge in [-0.2, -0.15) is 0 Å². The van der Waals surface area contributed by atoms with Crippen LogP contribution in [0.4, 0.5) is 5.82 Å². The van der Waals surface area contributed by atoms with Crippen LogP contribution in [0.5, 0.6) is 0 Å². The van der Waals surface area contributed by atoms with E-state index in [0.29, 0.717) is 17.9 Å². The molecule has 0 saturated carbocycles. The topological polar surface area (TPSA) is 94.0 Å².